The zero-order valence-corrected chi connectivity index (χ0v) is 18.0. The van der Waals surface area contributed by atoms with E-state index in [1.54, 1.807) is 4.90 Å². The number of hydrogen-bond donors (Lipinski definition) is 1. The van der Waals surface area contributed by atoms with Crippen molar-refractivity contribution in [1.29, 1.82) is 0 Å². The number of anilines is 1. The summed E-state index contributed by atoms with van der Waals surface area (Å²) in [6.07, 6.45) is 2.35. The maximum atomic E-state index is 12.8. The number of nitrogens with zero attached hydrogens (tertiary/aromatic N) is 3. The zero-order valence-electron chi connectivity index (χ0n) is 18.0. The first-order chi connectivity index (χ1) is 15.1. The molecule has 1 aliphatic rings. The first-order valence-corrected chi connectivity index (χ1v) is 10.9. The summed E-state index contributed by atoms with van der Waals surface area (Å²) in [5.74, 6) is 0.0250. The van der Waals surface area contributed by atoms with Gasteiger partial charge in [0.2, 0.25) is 11.8 Å². The molecule has 2 aromatic carbocycles. The molecule has 2 amide bonds. The minimum absolute atomic E-state index is 0.0332. The number of para-hydroxylation sites is 1. The van der Waals surface area contributed by atoms with Gasteiger partial charge >= 0.3 is 0 Å². The van der Waals surface area contributed by atoms with Crippen molar-refractivity contribution in [3.8, 4) is 16.9 Å². The van der Waals surface area contributed by atoms with Gasteiger partial charge in [-0.2, -0.15) is 0 Å². The number of likely N-dealkylation sites (tertiary alicyclic amines) is 1. The van der Waals surface area contributed by atoms with Gasteiger partial charge in [0, 0.05) is 31.1 Å². The Hall–Kier alpha value is -3.41. The molecular formula is C25H28N4O2. The Morgan fingerprint density at radius 1 is 1.10 bits per heavy atom. The average Bonchev–Trinajstić information content (AvgIpc) is 3.38. The van der Waals surface area contributed by atoms with Crippen LogP contribution in [0.2, 0.25) is 0 Å². The molecule has 4 rings (SSSR count). The third-order valence-electron chi connectivity index (χ3n) is 5.69. The van der Waals surface area contributed by atoms with Gasteiger partial charge in [0.1, 0.15) is 0 Å². The second-order valence-electron chi connectivity index (χ2n) is 7.94. The number of carbonyl (C=O) groups excluding carboxylic acids is 2. The van der Waals surface area contributed by atoms with E-state index < -0.39 is 0 Å². The van der Waals surface area contributed by atoms with Crippen LogP contribution < -0.4 is 5.32 Å². The minimum atomic E-state index is -0.342. The van der Waals surface area contributed by atoms with Crippen molar-refractivity contribution < 1.29 is 9.59 Å². The molecule has 0 radical (unpaired) electrons. The van der Waals surface area contributed by atoms with Gasteiger partial charge in [-0.1, -0.05) is 49.7 Å². The number of aromatic nitrogens is 2. The summed E-state index contributed by atoms with van der Waals surface area (Å²) in [6, 6.07) is 20.2. The van der Waals surface area contributed by atoms with Crippen molar-refractivity contribution in [2.45, 2.75) is 33.1 Å². The summed E-state index contributed by atoms with van der Waals surface area (Å²) < 4.78 is 1.86. The number of amides is 2. The fourth-order valence-electron chi connectivity index (χ4n) is 4.07. The van der Waals surface area contributed by atoms with Crippen LogP contribution in [0.1, 0.15) is 32.3 Å². The molecule has 1 saturated heterocycles. The highest BCUT2D eigenvalue weighted by Gasteiger charge is 2.33. The van der Waals surface area contributed by atoms with Crippen LogP contribution in [-0.4, -0.2) is 39.6 Å². The SMILES string of the molecule is CCCc1cccc(-c2cc(NC(=O)[C@@H]3CC(=O)N(CC)C3)nn2-c2ccccc2)c1. The standard InChI is InChI=1S/C25H28N4O2/c1-3-9-18-10-8-11-19(14-18)22-16-23(27-29(22)21-12-6-5-7-13-21)26-25(31)20-15-24(30)28(4-2)17-20/h5-8,10-14,16,20H,3-4,9,15,17H2,1-2H3,(H,26,27,31)/t20-/m1/s1. The molecule has 160 valence electrons. The smallest absolute Gasteiger partial charge is 0.230 e. The lowest BCUT2D eigenvalue weighted by Crippen LogP contribution is -2.28. The Morgan fingerprint density at radius 2 is 1.90 bits per heavy atom. The van der Waals surface area contributed by atoms with E-state index in [0.717, 1.165) is 29.8 Å². The molecule has 3 aromatic rings. The summed E-state index contributed by atoms with van der Waals surface area (Å²) in [6.45, 7) is 5.19. The van der Waals surface area contributed by atoms with Crippen LogP contribution in [0.4, 0.5) is 5.82 Å². The predicted octanol–water partition coefficient (Wildman–Crippen LogP) is 4.30. The molecule has 0 saturated carbocycles. The average molecular weight is 417 g/mol. The monoisotopic (exact) mass is 416 g/mol. The van der Waals surface area contributed by atoms with Gasteiger partial charge in [0.25, 0.3) is 0 Å². The molecular weight excluding hydrogens is 388 g/mol. The lowest BCUT2D eigenvalue weighted by atomic mass is 10.0. The number of rotatable bonds is 7. The molecule has 6 nitrogen and oxygen atoms in total. The number of carbonyl (C=O) groups is 2. The Kier molecular flexibility index (Phi) is 6.16. The summed E-state index contributed by atoms with van der Waals surface area (Å²) in [4.78, 5) is 26.5. The number of hydrogen-bond acceptors (Lipinski definition) is 3. The maximum absolute atomic E-state index is 12.8. The molecule has 0 aliphatic carbocycles. The van der Waals surface area contributed by atoms with Crippen LogP contribution in [0.25, 0.3) is 16.9 Å². The maximum Gasteiger partial charge on any atom is 0.230 e. The largest absolute Gasteiger partial charge is 0.342 e. The third kappa shape index (κ3) is 4.53. The van der Waals surface area contributed by atoms with E-state index in [-0.39, 0.29) is 24.2 Å². The molecule has 0 bridgehead atoms. The van der Waals surface area contributed by atoms with Crippen LogP contribution in [0.3, 0.4) is 0 Å². The molecule has 6 heteroatoms. The number of nitrogens with one attached hydrogen (secondary N) is 1. The van der Waals surface area contributed by atoms with E-state index in [0.29, 0.717) is 18.9 Å². The summed E-state index contributed by atoms with van der Waals surface area (Å²) in [5.41, 5.74) is 4.16. The van der Waals surface area contributed by atoms with E-state index in [1.165, 1.54) is 5.56 Å². The van der Waals surface area contributed by atoms with Gasteiger partial charge in [-0.05, 0) is 37.1 Å². The molecule has 2 heterocycles. The lowest BCUT2D eigenvalue weighted by Gasteiger charge is -2.13. The Balaban J connectivity index is 1.65. The fraction of sp³-hybridized carbons (Fsp3) is 0.320. The quantitative estimate of drug-likeness (QED) is 0.624. The topological polar surface area (TPSA) is 67.2 Å². The minimum Gasteiger partial charge on any atom is -0.342 e. The fourth-order valence-corrected chi connectivity index (χ4v) is 4.07. The molecule has 1 aliphatic heterocycles. The molecule has 1 atom stereocenters. The second-order valence-corrected chi connectivity index (χ2v) is 7.94. The Morgan fingerprint density at radius 3 is 2.61 bits per heavy atom. The van der Waals surface area contributed by atoms with Crippen LogP contribution in [0.15, 0.2) is 60.7 Å². The third-order valence-corrected chi connectivity index (χ3v) is 5.69. The summed E-state index contributed by atoms with van der Waals surface area (Å²) in [5, 5.41) is 7.63. The van der Waals surface area contributed by atoms with Crippen LogP contribution in [-0.2, 0) is 16.0 Å². The van der Waals surface area contributed by atoms with Crippen LogP contribution in [0.5, 0.6) is 0 Å². The van der Waals surface area contributed by atoms with E-state index in [1.807, 2.05) is 48.0 Å². The first-order valence-electron chi connectivity index (χ1n) is 10.9. The highest BCUT2D eigenvalue weighted by atomic mass is 16.2. The van der Waals surface area contributed by atoms with Crippen molar-refractivity contribution >= 4 is 17.6 Å². The van der Waals surface area contributed by atoms with E-state index in [2.05, 4.69) is 41.6 Å². The van der Waals surface area contributed by atoms with E-state index in [4.69, 9.17) is 0 Å². The van der Waals surface area contributed by atoms with Gasteiger partial charge < -0.3 is 10.2 Å². The predicted molar refractivity (Wildman–Crippen MR) is 122 cm³/mol. The molecule has 1 fully saturated rings. The molecule has 0 spiro atoms. The second kappa shape index (κ2) is 9.16. The van der Waals surface area contributed by atoms with Crippen LogP contribution >= 0.6 is 0 Å². The van der Waals surface area contributed by atoms with Gasteiger partial charge in [-0.3, -0.25) is 9.59 Å². The van der Waals surface area contributed by atoms with Crippen molar-refractivity contribution in [3.05, 3.63) is 66.2 Å². The van der Waals surface area contributed by atoms with Crippen molar-refractivity contribution in [2.24, 2.45) is 5.92 Å². The number of aryl methyl sites for hydroxylation is 1. The highest BCUT2D eigenvalue weighted by Crippen LogP contribution is 2.28. The van der Waals surface area contributed by atoms with Crippen LogP contribution in [0, 0.1) is 5.92 Å². The van der Waals surface area contributed by atoms with E-state index in [9.17, 15) is 9.59 Å². The van der Waals surface area contributed by atoms with Gasteiger partial charge in [0.05, 0.1) is 17.3 Å². The van der Waals surface area contributed by atoms with Gasteiger partial charge in [-0.25, -0.2) is 4.68 Å². The molecule has 31 heavy (non-hydrogen) atoms. The first kappa shape index (κ1) is 20.8. The summed E-state index contributed by atoms with van der Waals surface area (Å²) in [7, 11) is 0. The molecule has 0 unspecified atom stereocenters. The molecule has 1 N–H and O–H groups in total. The van der Waals surface area contributed by atoms with Crippen molar-refractivity contribution in [1.82, 2.24) is 14.7 Å². The zero-order chi connectivity index (χ0) is 21.8. The Bertz CT molecular complexity index is 1070. The Labute approximate surface area is 182 Å². The molecule has 1 aromatic heterocycles. The summed E-state index contributed by atoms with van der Waals surface area (Å²) >= 11 is 0. The van der Waals surface area contributed by atoms with Gasteiger partial charge in [0.15, 0.2) is 5.82 Å². The van der Waals surface area contributed by atoms with E-state index >= 15 is 0 Å². The van der Waals surface area contributed by atoms with Crippen molar-refractivity contribution in [3.63, 3.8) is 0 Å². The lowest BCUT2D eigenvalue weighted by molar-refractivity contribution is -0.128. The van der Waals surface area contributed by atoms with Crippen molar-refractivity contribution in [2.75, 3.05) is 18.4 Å². The highest BCUT2D eigenvalue weighted by molar-refractivity contribution is 5.97. The normalized spacial score (nSPS) is 16.0. The van der Waals surface area contributed by atoms with Gasteiger partial charge in [-0.15, -0.1) is 5.10 Å². The number of benzene rings is 2.